The summed E-state index contributed by atoms with van der Waals surface area (Å²) in [6.45, 7) is 3.20. The number of carbonyl (C=O) groups excluding carboxylic acids is 3. The SMILES string of the molecule is CCC(C)C(NC(=O)COC(=O)c1ccc(OC)nc1)C(=O)OC. The molecule has 0 aromatic carbocycles. The van der Waals surface area contributed by atoms with Crippen LogP contribution in [0.5, 0.6) is 5.88 Å². The van der Waals surface area contributed by atoms with Crippen LogP contribution in [0.2, 0.25) is 0 Å². The van der Waals surface area contributed by atoms with Crippen LogP contribution in [0.15, 0.2) is 18.3 Å². The first-order chi connectivity index (χ1) is 11.4. The van der Waals surface area contributed by atoms with Gasteiger partial charge in [0.25, 0.3) is 5.91 Å². The van der Waals surface area contributed by atoms with Gasteiger partial charge >= 0.3 is 11.9 Å². The monoisotopic (exact) mass is 338 g/mol. The minimum atomic E-state index is -0.783. The third kappa shape index (κ3) is 5.53. The number of carbonyl (C=O) groups is 3. The van der Waals surface area contributed by atoms with Crippen molar-refractivity contribution in [2.45, 2.75) is 26.3 Å². The first kappa shape index (κ1) is 19.4. The van der Waals surface area contributed by atoms with Crippen molar-refractivity contribution in [2.24, 2.45) is 5.92 Å². The van der Waals surface area contributed by atoms with Crippen LogP contribution in [-0.2, 0) is 19.1 Å². The number of esters is 2. The highest BCUT2D eigenvalue weighted by atomic mass is 16.5. The van der Waals surface area contributed by atoms with Crippen LogP contribution < -0.4 is 10.1 Å². The number of nitrogens with zero attached hydrogens (tertiary/aromatic N) is 1. The van der Waals surface area contributed by atoms with Crippen LogP contribution in [0, 0.1) is 5.92 Å². The molecule has 1 aromatic rings. The van der Waals surface area contributed by atoms with E-state index in [1.54, 1.807) is 0 Å². The number of hydrogen-bond donors (Lipinski definition) is 1. The molecule has 0 saturated heterocycles. The standard InChI is InChI=1S/C16H22N2O6/c1-5-10(2)14(16(21)23-4)18-12(19)9-24-15(20)11-6-7-13(22-3)17-8-11/h6-8,10,14H,5,9H2,1-4H3,(H,18,19). The molecule has 1 amide bonds. The van der Waals surface area contributed by atoms with Gasteiger partial charge in [-0.25, -0.2) is 14.6 Å². The van der Waals surface area contributed by atoms with Crippen molar-refractivity contribution in [3.8, 4) is 5.88 Å². The molecular formula is C16H22N2O6. The van der Waals surface area contributed by atoms with Crippen molar-refractivity contribution >= 4 is 17.8 Å². The van der Waals surface area contributed by atoms with Crippen molar-refractivity contribution in [2.75, 3.05) is 20.8 Å². The molecule has 1 rings (SSSR count). The zero-order valence-corrected chi connectivity index (χ0v) is 14.2. The van der Waals surface area contributed by atoms with Gasteiger partial charge in [-0.1, -0.05) is 20.3 Å². The molecule has 0 spiro atoms. The molecular weight excluding hydrogens is 316 g/mol. The Morgan fingerprint density at radius 3 is 2.46 bits per heavy atom. The van der Waals surface area contributed by atoms with Gasteiger partial charge in [0.15, 0.2) is 6.61 Å². The number of amides is 1. The van der Waals surface area contributed by atoms with Crippen molar-refractivity contribution < 1.29 is 28.6 Å². The number of nitrogens with one attached hydrogen (secondary N) is 1. The van der Waals surface area contributed by atoms with E-state index in [0.717, 1.165) is 0 Å². The highest BCUT2D eigenvalue weighted by Gasteiger charge is 2.27. The van der Waals surface area contributed by atoms with Crippen LogP contribution in [-0.4, -0.2) is 49.7 Å². The van der Waals surface area contributed by atoms with Gasteiger partial charge in [0.05, 0.1) is 19.8 Å². The fraction of sp³-hybridized carbons (Fsp3) is 0.500. The number of aromatic nitrogens is 1. The molecule has 0 aliphatic rings. The van der Waals surface area contributed by atoms with Crippen molar-refractivity contribution in [3.05, 3.63) is 23.9 Å². The third-order valence-electron chi connectivity index (χ3n) is 3.50. The topological polar surface area (TPSA) is 104 Å². The van der Waals surface area contributed by atoms with Gasteiger partial charge in [0.2, 0.25) is 5.88 Å². The minimum Gasteiger partial charge on any atom is -0.481 e. The van der Waals surface area contributed by atoms with Crippen LogP contribution in [0.4, 0.5) is 0 Å². The van der Waals surface area contributed by atoms with Gasteiger partial charge in [-0.3, -0.25) is 4.79 Å². The molecule has 0 fully saturated rings. The quantitative estimate of drug-likeness (QED) is 0.704. The summed E-state index contributed by atoms with van der Waals surface area (Å²) in [6, 6.07) is 2.20. The smallest absolute Gasteiger partial charge is 0.340 e. The Balaban J connectivity index is 2.57. The molecule has 0 bridgehead atoms. The normalized spacial score (nSPS) is 12.7. The van der Waals surface area contributed by atoms with Crippen LogP contribution >= 0.6 is 0 Å². The molecule has 1 aromatic heterocycles. The summed E-state index contributed by atoms with van der Waals surface area (Å²) in [4.78, 5) is 39.3. The molecule has 0 radical (unpaired) electrons. The molecule has 24 heavy (non-hydrogen) atoms. The molecule has 0 aliphatic carbocycles. The molecule has 8 heteroatoms. The van der Waals surface area contributed by atoms with E-state index in [-0.39, 0.29) is 11.5 Å². The highest BCUT2D eigenvalue weighted by molar-refractivity contribution is 5.91. The summed E-state index contributed by atoms with van der Waals surface area (Å²) in [5.74, 6) is -1.57. The number of ether oxygens (including phenoxy) is 3. The van der Waals surface area contributed by atoms with Gasteiger partial charge in [0.1, 0.15) is 6.04 Å². The summed E-state index contributed by atoms with van der Waals surface area (Å²) in [7, 11) is 2.71. The zero-order valence-electron chi connectivity index (χ0n) is 14.2. The van der Waals surface area contributed by atoms with Crippen LogP contribution in [0.1, 0.15) is 30.6 Å². The van der Waals surface area contributed by atoms with E-state index in [9.17, 15) is 14.4 Å². The minimum absolute atomic E-state index is 0.108. The predicted octanol–water partition coefficient (Wildman–Crippen LogP) is 0.951. The van der Waals surface area contributed by atoms with Gasteiger partial charge in [-0.2, -0.15) is 0 Å². The molecule has 132 valence electrons. The number of methoxy groups -OCH3 is 2. The first-order valence-electron chi connectivity index (χ1n) is 7.47. The molecule has 2 unspecified atom stereocenters. The summed E-state index contributed by atoms with van der Waals surface area (Å²) >= 11 is 0. The summed E-state index contributed by atoms with van der Waals surface area (Å²) < 4.78 is 14.5. The second kappa shape index (κ2) is 9.49. The summed E-state index contributed by atoms with van der Waals surface area (Å²) in [5.41, 5.74) is 0.190. The third-order valence-corrected chi connectivity index (χ3v) is 3.50. The van der Waals surface area contributed by atoms with Crippen LogP contribution in [0.25, 0.3) is 0 Å². The Hall–Kier alpha value is -2.64. The van der Waals surface area contributed by atoms with E-state index < -0.39 is 30.5 Å². The lowest BCUT2D eigenvalue weighted by atomic mass is 9.99. The lowest BCUT2D eigenvalue weighted by Gasteiger charge is -2.21. The molecule has 2 atom stereocenters. The number of rotatable bonds is 8. The maximum Gasteiger partial charge on any atom is 0.340 e. The predicted molar refractivity (Wildman–Crippen MR) is 84.5 cm³/mol. The van der Waals surface area contributed by atoms with E-state index >= 15 is 0 Å². The lowest BCUT2D eigenvalue weighted by molar-refractivity contribution is -0.147. The largest absolute Gasteiger partial charge is 0.481 e. The van der Waals surface area contributed by atoms with Gasteiger partial charge < -0.3 is 19.5 Å². The zero-order chi connectivity index (χ0) is 18.1. The van der Waals surface area contributed by atoms with E-state index in [1.807, 2.05) is 13.8 Å². The molecule has 0 aliphatic heterocycles. The number of pyridine rings is 1. The Morgan fingerprint density at radius 1 is 1.25 bits per heavy atom. The van der Waals surface area contributed by atoms with Gasteiger partial charge in [-0.05, 0) is 12.0 Å². The maximum atomic E-state index is 11.9. The second-order valence-corrected chi connectivity index (χ2v) is 5.12. The molecule has 1 N–H and O–H groups in total. The van der Waals surface area contributed by atoms with E-state index in [1.165, 1.54) is 32.5 Å². The average molecular weight is 338 g/mol. The fourth-order valence-corrected chi connectivity index (χ4v) is 1.85. The van der Waals surface area contributed by atoms with E-state index in [0.29, 0.717) is 12.3 Å². The second-order valence-electron chi connectivity index (χ2n) is 5.12. The van der Waals surface area contributed by atoms with Crippen molar-refractivity contribution in [1.29, 1.82) is 0 Å². The average Bonchev–Trinajstić information content (AvgIpc) is 2.62. The highest BCUT2D eigenvalue weighted by Crippen LogP contribution is 2.10. The first-order valence-corrected chi connectivity index (χ1v) is 7.47. The Kier molecular flexibility index (Phi) is 7.67. The summed E-state index contributed by atoms with van der Waals surface area (Å²) in [6.07, 6.45) is 1.97. The van der Waals surface area contributed by atoms with Crippen molar-refractivity contribution in [3.63, 3.8) is 0 Å². The van der Waals surface area contributed by atoms with Gasteiger partial charge in [-0.15, -0.1) is 0 Å². The Bertz CT molecular complexity index is 572. The maximum absolute atomic E-state index is 11.9. The van der Waals surface area contributed by atoms with Crippen molar-refractivity contribution in [1.82, 2.24) is 10.3 Å². The van der Waals surface area contributed by atoms with Crippen LogP contribution in [0.3, 0.4) is 0 Å². The molecule has 1 heterocycles. The van der Waals surface area contributed by atoms with Gasteiger partial charge in [0, 0.05) is 12.3 Å². The molecule has 8 nitrogen and oxygen atoms in total. The summed E-state index contributed by atoms with van der Waals surface area (Å²) in [5, 5.41) is 2.52. The molecule has 0 saturated carbocycles. The fourth-order valence-electron chi connectivity index (χ4n) is 1.85. The Labute approximate surface area is 140 Å². The lowest BCUT2D eigenvalue weighted by Crippen LogP contribution is -2.47. The Morgan fingerprint density at radius 2 is 1.96 bits per heavy atom. The van der Waals surface area contributed by atoms with E-state index in [4.69, 9.17) is 9.47 Å². The van der Waals surface area contributed by atoms with E-state index in [2.05, 4.69) is 15.0 Å². The number of hydrogen-bond acceptors (Lipinski definition) is 7.